The lowest BCUT2D eigenvalue weighted by Gasteiger charge is -2.21. The Morgan fingerprint density at radius 3 is 1.17 bits per heavy atom. The first kappa shape index (κ1) is 57.0. The largest absolute Gasteiger partial charge is 0.387 e. The molecule has 0 heterocycles. The van der Waals surface area contributed by atoms with Crippen molar-refractivity contribution in [3.63, 3.8) is 0 Å². The summed E-state index contributed by atoms with van der Waals surface area (Å²) < 4.78 is 32.7. The van der Waals surface area contributed by atoms with Crippen LogP contribution in [0.2, 0.25) is 0 Å². The molecule has 0 saturated heterocycles. The average Bonchev–Trinajstić information content (AvgIpc) is 3.20. The van der Waals surface area contributed by atoms with Crippen LogP contribution in [0.1, 0.15) is 245 Å². The molecule has 0 aromatic carbocycles. The zero-order chi connectivity index (χ0) is 43.2. The number of hydrogen-bond donors (Lipinski definition) is 3. The number of unbranched alkanes of at least 4 members (excludes halogenated alkanes) is 29. The summed E-state index contributed by atoms with van der Waals surface area (Å²) in [6.07, 6.45) is 63.7. The van der Waals surface area contributed by atoms with Crippen molar-refractivity contribution in [1.29, 1.82) is 0 Å². The smallest absolute Gasteiger partial charge is 0.267 e. The molecule has 0 aromatic rings. The normalized spacial score (nSPS) is 13.6. The van der Waals surface area contributed by atoms with Gasteiger partial charge in [-0.3, -0.25) is 9.35 Å². The molecule has 0 spiro atoms. The van der Waals surface area contributed by atoms with Gasteiger partial charge in [0.1, 0.15) is 0 Å². The molecular weight excluding hydrogens is 751 g/mol. The van der Waals surface area contributed by atoms with E-state index in [2.05, 4.69) is 67.8 Å². The topological polar surface area (TPSA) is 104 Å². The van der Waals surface area contributed by atoms with Gasteiger partial charge >= 0.3 is 0 Å². The highest BCUT2D eigenvalue weighted by molar-refractivity contribution is 7.85. The summed E-state index contributed by atoms with van der Waals surface area (Å²) >= 11 is 0. The maximum atomic E-state index is 12.6. The average molecular weight is 846 g/mol. The second-order valence-corrected chi connectivity index (χ2v) is 18.6. The second-order valence-electron chi connectivity index (χ2n) is 17.1. The van der Waals surface area contributed by atoms with E-state index in [1.807, 2.05) is 6.08 Å². The van der Waals surface area contributed by atoms with E-state index in [1.54, 1.807) is 0 Å². The Bertz CT molecular complexity index is 1160. The van der Waals surface area contributed by atoms with Crippen LogP contribution in [0.15, 0.2) is 60.8 Å². The molecule has 3 N–H and O–H groups in total. The van der Waals surface area contributed by atoms with Gasteiger partial charge in [0, 0.05) is 6.42 Å². The fourth-order valence-corrected chi connectivity index (χ4v) is 8.13. The molecule has 0 bridgehead atoms. The van der Waals surface area contributed by atoms with Crippen LogP contribution in [-0.2, 0) is 14.9 Å². The predicted octanol–water partition coefficient (Wildman–Crippen LogP) is 15.6. The molecule has 1 amide bonds. The maximum Gasteiger partial charge on any atom is 0.267 e. The fourth-order valence-electron chi connectivity index (χ4n) is 7.40. The van der Waals surface area contributed by atoms with Crippen molar-refractivity contribution in [3.8, 4) is 0 Å². The molecule has 0 fully saturated rings. The molecule has 2 atom stereocenters. The molecule has 0 saturated carbocycles. The number of hydrogen-bond acceptors (Lipinski definition) is 4. The number of allylic oxidation sites excluding steroid dienone is 9. The van der Waals surface area contributed by atoms with Gasteiger partial charge in [-0.2, -0.15) is 8.42 Å². The van der Waals surface area contributed by atoms with Crippen LogP contribution in [0.3, 0.4) is 0 Å². The Morgan fingerprint density at radius 1 is 0.458 bits per heavy atom. The minimum Gasteiger partial charge on any atom is -0.387 e. The van der Waals surface area contributed by atoms with E-state index in [0.29, 0.717) is 6.42 Å². The number of aliphatic hydroxyl groups is 1. The first-order valence-electron chi connectivity index (χ1n) is 25.0. The van der Waals surface area contributed by atoms with Gasteiger partial charge in [-0.05, 0) is 77.0 Å². The molecule has 0 radical (unpaired) electrons. The molecule has 0 aromatic heterocycles. The monoisotopic (exact) mass is 846 g/mol. The van der Waals surface area contributed by atoms with Crippen LogP contribution in [-0.4, -0.2) is 41.9 Å². The van der Waals surface area contributed by atoms with Crippen molar-refractivity contribution in [1.82, 2.24) is 5.32 Å². The van der Waals surface area contributed by atoms with Crippen molar-refractivity contribution in [2.75, 3.05) is 5.75 Å². The van der Waals surface area contributed by atoms with E-state index in [9.17, 15) is 22.9 Å². The van der Waals surface area contributed by atoms with Crippen molar-refractivity contribution in [3.05, 3.63) is 60.8 Å². The molecule has 0 aliphatic rings. The van der Waals surface area contributed by atoms with Crippen LogP contribution in [0.5, 0.6) is 0 Å². The highest BCUT2D eigenvalue weighted by Gasteiger charge is 2.24. The van der Waals surface area contributed by atoms with E-state index in [0.717, 1.165) is 44.9 Å². The standard InChI is InChI=1S/C52H95NO5S/c1-3-5-7-9-11-13-15-17-19-21-23-25-26-28-30-32-34-36-38-40-42-44-46-48-52(55)53-50(49-59(56,57)58)51(54)47-45-43-41-39-37-35-33-31-29-27-24-22-20-18-16-14-12-10-8-6-4-2/h15,17,21,23,29,31,37,39,45,47,50-51,54H,3-14,16,18-20,22,24-28,30,32-36,38,40-44,46,48-49H2,1-2H3,(H,53,55)(H,56,57,58)/b17-15-,23-21-,31-29+,39-37+,47-45+. The van der Waals surface area contributed by atoms with Crippen LogP contribution < -0.4 is 5.32 Å². The summed E-state index contributed by atoms with van der Waals surface area (Å²) in [6, 6.07) is -1.08. The lowest BCUT2D eigenvalue weighted by Crippen LogP contribution is -2.46. The third kappa shape index (κ3) is 47.0. The molecule has 7 heteroatoms. The van der Waals surface area contributed by atoms with Gasteiger partial charge in [-0.1, -0.05) is 222 Å². The maximum absolute atomic E-state index is 12.6. The third-order valence-electron chi connectivity index (χ3n) is 11.1. The molecular formula is C52H95NO5S. The molecule has 6 nitrogen and oxygen atoms in total. The van der Waals surface area contributed by atoms with Crippen LogP contribution in [0, 0.1) is 0 Å². The molecule has 344 valence electrons. The zero-order valence-electron chi connectivity index (χ0n) is 38.6. The van der Waals surface area contributed by atoms with Gasteiger partial charge in [-0.25, -0.2) is 0 Å². The Labute approximate surface area is 366 Å². The summed E-state index contributed by atoms with van der Waals surface area (Å²) in [6.45, 7) is 4.54. The molecule has 0 aliphatic heterocycles. The predicted molar refractivity (Wildman–Crippen MR) is 258 cm³/mol. The quantitative estimate of drug-likeness (QED) is 0.0322. The van der Waals surface area contributed by atoms with Gasteiger partial charge in [-0.15, -0.1) is 0 Å². The molecule has 59 heavy (non-hydrogen) atoms. The van der Waals surface area contributed by atoms with E-state index in [-0.39, 0.29) is 12.3 Å². The van der Waals surface area contributed by atoms with Gasteiger partial charge in [0.2, 0.25) is 5.91 Å². The summed E-state index contributed by atoms with van der Waals surface area (Å²) in [5.41, 5.74) is 0. The highest BCUT2D eigenvalue weighted by atomic mass is 32.2. The SMILES string of the molecule is CCCCCCC/C=C\C/C=C\CCCCCCCCCCCCCC(=O)NC(CS(=O)(=O)O)C(O)/C=C/CC/C=C/CC/C=C/CCCCCCCCCCCCC. The molecule has 2 unspecified atom stereocenters. The van der Waals surface area contributed by atoms with Crippen LogP contribution >= 0.6 is 0 Å². The Kier molecular flexibility index (Phi) is 44.1. The number of amides is 1. The highest BCUT2D eigenvalue weighted by Crippen LogP contribution is 2.15. The van der Waals surface area contributed by atoms with E-state index < -0.39 is 28.0 Å². The van der Waals surface area contributed by atoms with Gasteiger partial charge in [0.15, 0.2) is 0 Å². The van der Waals surface area contributed by atoms with Crippen molar-refractivity contribution in [2.24, 2.45) is 0 Å². The lowest BCUT2D eigenvalue weighted by atomic mass is 10.0. The number of carbonyl (C=O) groups excluding carboxylic acids is 1. The van der Waals surface area contributed by atoms with Crippen molar-refractivity contribution < 1.29 is 22.9 Å². The minimum absolute atomic E-state index is 0.281. The van der Waals surface area contributed by atoms with Crippen molar-refractivity contribution in [2.45, 2.75) is 257 Å². The summed E-state index contributed by atoms with van der Waals surface area (Å²) in [4.78, 5) is 12.6. The van der Waals surface area contributed by atoms with Crippen LogP contribution in [0.4, 0.5) is 0 Å². The molecule has 0 aliphatic carbocycles. The number of carbonyl (C=O) groups is 1. The number of nitrogens with one attached hydrogen (secondary N) is 1. The van der Waals surface area contributed by atoms with Gasteiger partial charge < -0.3 is 10.4 Å². The Hall–Kier alpha value is -1.96. The zero-order valence-corrected chi connectivity index (χ0v) is 39.4. The van der Waals surface area contributed by atoms with Crippen LogP contribution in [0.25, 0.3) is 0 Å². The summed E-state index contributed by atoms with van der Waals surface area (Å²) in [7, 11) is -4.37. The van der Waals surface area contributed by atoms with Gasteiger partial charge in [0.05, 0.1) is 17.9 Å². The van der Waals surface area contributed by atoms with E-state index >= 15 is 0 Å². The molecule has 0 rings (SSSR count). The second kappa shape index (κ2) is 45.6. The Morgan fingerprint density at radius 2 is 0.780 bits per heavy atom. The summed E-state index contributed by atoms with van der Waals surface area (Å²) in [5, 5.41) is 13.3. The summed E-state index contributed by atoms with van der Waals surface area (Å²) in [5.74, 6) is -1.01. The number of rotatable bonds is 45. The fraction of sp³-hybridized carbons (Fsp3) is 0.788. The first-order chi connectivity index (χ1) is 28.8. The Balaban J connectivity index is 3.89. The third-order valence-corrected chi connectivity index (χ3v) is 11.9. The van der Waals surface area contributed by atoms with E-state index in [4.69, 9.17) is 0 Å². The minimum atomic E-state index is -4.37. The number of aliphatic hydroxyl groups excluding tert-OH is 1. The lowest BCUT2D eigenvalue weighted by molar-refractivity contribution is -0.122. The first-order valence-corrected chi connectivity index (χ1v) is 26.6. The van der Waals surface area contributed by atoms with Gasteiger partial charge in [0.25, 0.3) is 10.1 Å². The van der Waals surface area contributed by atoms with E-state index in [1.165, 1.54) is 179 Å². The van der Waals surface area contributed by atoms with Crippen molar-refractivity contribution >= 4 is 16.0 Å².